The van der Waals surface area contributed by atoms with Crippen LogP contribution in [0.4, 0.5) is 0 Å². The summed E-state index contributed by atoms with van der Waals surface area (Å²) >= 11 is 0. The summed E-state index contributed by atoms with van der Waals surface area (Å²) in [5, 5.41) is 0. The zero-order valence-electron chi connectivity index (χ0n) is 10.8. The Kier molecular flexibility index (Phi) is 6.57. The van der Waals surface area contributed by atoms with Crippen LogP contribution in [0.25, 0.3) is 0 Å². The fourth-order valence-electron chi connectivity index (χ4n) is 1.21. The van der Waals surface area contributed by atoms with Crippen molar-refractivity contribution in [1.29, 1.82) is 0 Å². The second kappa shape index (κ2) is 6.83. The Morgan fingerprint density at radius 3 is 2.13 bits per heavy atom. The third-order valence-electron chi connectivity index (χ3n) is 2.36. The van der Waals surface area contributed by atoms with Gasteiger partial charge in [0.15, 0.2) is 0 Å². The highest BCUT2D eigenvalue weighted by molar-refractivity contribution is 5.75. The Bertz CT molecular complexity index is 181. The average molecular weight is 215 g/mol. The van der Waals surface area contributed by atoms with Gasteiger partial charge in [0.25, 0.3) is 0 Å². The quantitative estimate of drug-likeness (QED) is 0.503. The van der Waals surface area contributed by atoms with Gasteiger partial charge in [0.1, 0.15) is 0 Å². The van der Waals surface area contributed by atoms with E-state index < -0.39 is 0 Å². The van der Waals surface area contributed by atoms with E-state index in [1.165, 1.54) is 0 Å². The van der Waals surface area contributed by atoms with E-state index in [1.807, 2.05) is 20.8 Å². The topological polar surface area (TPSA) is 29.5 Å². The van der Waals surface area contributed by atoms with E-state index in [9.17, 15) is 4.79 Å². The van der Waals surface area contributed by atoms with Gasteiger partial charge in [0.05, 0.1) is 12.0 Å². The molecule has 0 aromatic carbocycles. The minimum Gasteiger partial charge on any atom is -0.465 e. The van der Waals surface area contributed by atoms with E-state index in [-0.39, 0.29) is 11.4 Å². The third kappa shape index (κ3) is 6.50. The lowest BCUT2D eigenvalue weighted by Gasteiger charge is -2.19. The van der Waals surface area contributed by atoms with Crippen molar-refractivity contribution in [2.24, 2.45) is 5.41 Å². The molecule has 0 bridgehead atoms. The average Bonchev–Trinajstić information content (AvgIpc) is 2.16. The molecule has 0 aliphatic heterocycles. The van der Waals surface area contributed by atoms with Gasteiger partial charge >= 0.3 is 5.97 Å². The van der Waals surface area contributed by atoms with Crippen LogP contribution in [0.3, 0.4) is 0 Å². The predicted molar refractivity (Wildman–Crippen MR) is 62.8 cm³/mol. The molecule has 0 fully saturated rings. The number of hydrogen-bond donors (Lipinski definition) is 0. The number of hydrogen-bond acceptors (Lipinski definition) is 3. The molecule has 0 aliphatic rings. The van der Waals surface area contributed by atoms with E-state index in [2.05, 4.69) is 18.7 Å². The second-order valence-electron chi connectivity index (χ2n) is 4.77. The molecule has 0 saturated heterocycles. The lowest BCUT2D eigenvalue weighted by atomic mass is 9.97. The van der Waals surface area contributed by atoms with Crippen molar-refractivity contribution in [3.8, 4) is 0 Å². The van der Waals surface area contributed by atoms with Gasteiger partial charge in [-0.3, -0.25) is 4.79 Å². The van der Waals surface area contributed by atoms with E-state index in [0.717, 1.165) is 26.1 Å². The molecular weight excluding hydrogens is 190 g/mol. The first-order valence-electron chi connectivity index (χ1n) is 5.81. The van der Waals surface area contributed by atoms with Crippen molar-refractivity contribution in [2.75, 3.05) is 26.2 Å². The van der Waals surface area contributed by atoms with Crippen LogP contribution < -0.4 is 0 Å². The summed E-state index contributed by atoms with van der Waals surface area (Å²) in [6.45, 7) is 13.6. The summed E-state index contributed by atoms with van der Waals surface area (Å²) in [6, 6.07) is 0. The molecule has 0 atom stereocenters. The van der Waals surface area contributed by atoms with Crippen molar-refractivity contribution < 1.29 is 9.53 Å². The maximum absolute atomic E-state index is 11.4. The number of esters is 1. The Hall–Kier alpha value is -0.570. The number of carbonyl (C=O) groups is 1. The van der Waals surface area contributed by atoms with Crippen LogP contribution >= 0.6 is 0 Å². The lowest BCUT2D eigenvalue weighted by Crippen LogP contribution is -2.27. The molecule has 0 N–H and O–H groups in total. The highest BCUT2D eigenvalue weighted by Gasteiger charge is 2.22. The monoisotopic (exact) mass is 215 g/mol. The molecule has 3 nitrogen and oxygen atoms in total. The van der Waals surface area contributed by atoms with Crippen LogP contribution in [0.1, 0.15) is 41.0 Å². The summed E-state index contributed by atoms with van der Waals surface area (Å²) in [5.74, 6) is -0.109. The molecule has 0 unspecified atom stereocenters. The number of nitrogens with zero attached hydrogens (tertiary/aromatic N) is 1. The van der Waals surface area contributed by atoms with Crippen molar-refractivity contribution in [1.82, 2.24) is 4.90 Å². The number of carbonyl (C=O) groups excluding carboxylic acids is 1. The molecule has 0 amide bonds. The highest BCUT2D eigenvalue weighted by Crippen LogP contribution is 2.14. The molecule has 15 heavy (non-hydrogen) atoms. The Morgan fingerprint density at radius 1 is 1.20 bits per heavy atom. The molecule has 0 aromatic rings. The zero-order valence-corrected chi connectivity index (χ0v) is 10.8. The fourth-order valence-corrected chi connectivity index (χ4v) is 1.21. The number of ether oxygens (including phenoxy) is 1. The van der Waals surface area contributed by atoms with Crippen molar-refractivity contribution in [2.45, 2.75) is 41.0 Å². The van der Waals surface area contributed by atoms with Crippen LogP contribution in [-0.2, 0) is 9.53 Å². The molecule has 0 saturated carbocycles. The minimum absolute atomic E-state index is 0.109. The van der Waals surface area contributed by atoms with E-state index in [1.54, 1.807) is 0 Å². The molecule has 0 radical (unpaired) electrons. The second-order valence-corrected chi connectivity index (χ2v) is 4.77. The van der Waals surface area contributed by atoms with Crippen molar-refractivity contribution >= 4 is 5.97 Å². The summed E-state index contributed by atoms with van der Waals surface area (Å²) in [6.07, 6.45) is 0.920. The van der Waals surface area contributed by atoms with Gasteiger partial charge in [-0.25, -0.2) is 0 Å². The molecule has 3 heteroatoms. The number of rotatable bonds is 6. The van der Waals surface area contributed by atoms with E-state index in [4.69, 9.17) is 4.74 Å². The lowest BCUT2D eigenvalue weighted by molar-refractivity contribution is -0.153. The van der Waals surface area contributed by atoms with Crippen LogP contribution in [0, 0.1) is 5.41 Å². The first-order valence-corrected chi connectivity index (χ1v) is 5.81. The van der Waals surface area contributed by atoms with Crippen molar-refractivity contribution in [3.05, 3.63) is 0 Å². The largest absolute Gasteiger partial charge is 0.465 e. The van der Waals surface area contributed by atoms with Gasteiger partial charge in [-0.1, -0.05) is 13.8 Å². The summed E-state index contributed by atoms with van der Waals surface area (Å²) < 4.78 is 5.18. The van der Waals surface area contributed by atoms with Gasteiger partial charge in [-0.2, -0.15) is 0 Å². The highest BCUT2D eigenvalue weighted by atomic mass is 16.5. The Morgan fingerprint density at radius 2 is 1.73 bits per heavy atom. The van der Waals surface area contributed by atoms with Gasteiger partial charge in [0.2, 0.25) is 0 Å². The van der Waals surface area contributed by atoms with Crippen LogP contribution in [0.2, 0.25) is 0 Å². The molecule has 0 aliphatic carbocycles. The molecule has 0 heterocycles. The molecular formula is C12H25NO2. The van der Waals surface area contributed by atoms with Crippen LogP contribution in [0.5, 0.6) is 0 Å². The van der Waals surface area contributed by atoms with Crippen molar-refractivity contribution in [3.63, 3.8) is 0 Å². The van der Waals surface area contributed by atoms with Crippen LogP contribution in [0.15, 0.2) is 0 Å². The zero-order chi connectivity index (χ0) is 11.9. The first-order chi connectivity index (χ1) is 6.91. The predicted octanol–water partition coefficient (Wildman–Crippen LogP) is 2.31. The van der Waals surface area contributed by atoms with E-state index >= 15 is 0 Å². The van der Waals surface area contributed by atoms with Gasteiger partial charge in [-0.15, -0.1) is 0 Å². The molecule has 0 aromatic heterocycles. The summed E-state index contributed by atoms with van der Waals surface area (Å²) in [5.41, 5.74) is -0.380. The van der Waals surface area contributed by atoms with Gasteiger partial charge in [0, 0.05) is 6.54 Å². The molecule has 90 valence electrons. The minimum atomic E-state index is -0.380. The Balaban J connectivity index is 3.59. The van der Waals surface area contributed by atoms with Gasteiger partial charge in [-0.05, 0) is 40.3 Å². The third-order valence-corrected chi connectivity index (χ3v) is 2.36. The summed E-state index contributed by atoms with van der Waals surface area (Å²) in [4.78, 5) is 13.7. The molecule has 0 rings (SSSR count). The standard InChI is InChI=1S/C12H25NO2/c1-6-13(7-2)9-8-10-15-11(14)12(3,4)5/h6-10H2,1-5H3. The maximum Gasteiger partial charge on any atom is 0.311 e. The van der Waals surface area contributed by atoms with Gasteiger partial charge < -0.3 is 9.64 Å². The summed E-state index contributed by atoms with van der Waals surface area (Å²) in [7, 11) is 0. The first kappa shape index (κ1) is 14.4. The molecule has 0 spiro atoms. The van der Waals surface area contributed by atoms with Crippen LogP contribution in [-0.4, -0.2) is 37.1 Å². The van der Waals surface area contributed by atoms with E-state index in [0.29, 0.717) is 6.61 Å². The Labute approximate surface area is 93.8 Å². The SMILES string of the molecule is CCN(CC)CCCOC(=O)C(C)(C)C. The maximum atomic E-state index is 11.4. The fraction of sp³-hybridized carbons (Fsp3) is 0.917. The smallest absolute Gasteiger partial charge is 0.311 e. The normalized spacial score (nSPS) is 11.9.